The van der Waals surface area contributed by atoms with E-state index in [1.807, 2.05) is 41.3 Å². The van der Waals surface area contributed by atoms with Crippen molar-refractivity contribution in [2.75, 3.05) is 26.2 Å². The second kappa shape index (κ2) is 5.84. The van der Waals surface area contributed by atoms with Gasteiger partial charge in [0.2, 0.25) is 5.91 Å². The maximum absolute atomic E-state index is 11.9. The van der Waals surface area contributed by atoms with Gasteiger partial charge in [0, 0.05) is 32.3 Å². The third kappa shape index (κ3) is 3.58. The first kappa shape index (κ1) is 12.1. The van der Waals surface area contributed by atoms with E-state index in [2.05, 4.69) is 0 Å². The van der Waals surface area contributed by atoms with Gasteiger partial charge < -0.3 is 4.90 Å². The highest BCUT2D eigenvalue weighted by molar-refractivity contribution is 6.13. The van der Waals surface area contributed by atoms with Gasteiger partial charge in [-0.05, 0) is 23.4 Å². The van der Waals surface area contributed by atoms with Gasteiger partial charge >= 0.3 is 0 Å². The van der Waals surface area contributed by atoms with Crippen molar-refractivity contribution in [3.05, 3.63) is 42.0 Å². The Morgan fingerprint density at radius 3 is 2.41 bits per heavy atom. The highest BCUT2D eigenvalue weighted by Gasteiger charge is 2.17. The summed E-state index contributed by atoms with van der Waals surface area (Å²) in [7, 11) is 0. The normalized spacial score (nSPS) is 17.6. The molecular formula is C13H15ClN2O. The predicted octanol–water partition coefficient (Wildman–Crippen LogP) is 2.00. The van der Waals surface area contributed by atoms with Crippen LogP contribution in [0.3, 0.4) is 0 Å². The van der Waals surface area contributed by atoms with E-state index >= 15 is 0 Å². The fourth-order valence-corrected chi connectivity index (χ4v) is 1.89. The molecule has 0 aliphatic carbocycles. The Bertz CT molecular complexity index is 397. The van der Waals surface area contributed by atoms with Crippen LogP contribution in [0.5, 0.6) is 0 Å². The molecule has 1 aliphatic heterocycles. The smallest absolute Gasteiger partial charge is 0.246 e. The zero-order valence-corrected chi connectivity index (χ0v) is 10.3. The summed E-state index contributed by atoms with van der Waals surface area (Å²) in [5.74, 6) is 0.0543. The number of hydrogen-bond donors (Lipinski definition) is 0. The molecule has 1 heterocycles. The molecule has 1 fully saturated rings. The molecule has 2 rings (SSSR count). The van der Waals surface area contributed by atoms with E-state index in [1.54, 1.807) is 10.5 Å². The van der Waals surface area contributed by atoms with Crippen molar-refractivity contribution in [2.24, 2.45) is 0 Å². The van der Waals surface area contributed by atoms with Gasteiger partial charge in [0.05, 0.1) is 0 Å². The molecule has 0 N–H and O–H groups in total. The first-order valence-corrected chi connectivity index (χ1v) is 6.02. The van der Waals surface area contributed by atoms with Crippen LogP contribution in [0.2, 0.25) is 0 Å². The average Bonchev–Trinajstić information content (AvgIpc) is 2.38. The van der Waals surface area contributed by atoms with Crippen LogP contribution >= 0.6 is 11.8 Å². The van der Waals surface area contributed by atoms with Crippen LogP contribution < -0.4 is 0 Å². The Labute approximate surface area is 106 Å². The lowest BCUT2D eigenvalue weighted by molar-refractivity contribution is -0.127. The van der Waals surface area contributed by atoms with E-state index in [-0.39, 0.29) is 5.91 Å². The molecule has 0 aromatic heterocycles. The lowest BCUT2D eigenvalue weighted by Gasteiger charge is -2.29. The Morgan fingerprint density at radius 2 is 1.76 bits per heavy atom. The zero-order valence-electron chi connectivity index (χ0n) is 9.55. The molecule has 17 heavy (non-hydrogen) atoms. The first-order chi connectivity index (χ1) is 8.25. The summed E-state index contributed by atoms with van der Waals surface area (Å²) < 4.78 is 1.71. The Morgan fingerprint density at radius 1 is 1.12 bits per heavy atom. The van der Waals surface area contributed by atoms with Crippen LogP contribution in [-0.4, -0.2) is 41.4 Å². The fraction of sp³-hybridized carbons (Fsp3) is 0.308. The molecule has 0 spiro atoms. The monoisotopic (exact) mass is 250 g/mol. The largest absolute Gasteiger partial charge is 0.336 e. The molecule has 3 nitrogen and oxygen atoms in total. The quantitative estimate of drug-likeness (QED) is 0.592. The minimum atomic E-state index is 0.0543. The SMILES string of the molecule is O=C(C=Cc1ccccc1)N1CCN(Cl)CC1. The molecule has 90 valence electrons. The third-order valence-electron chi connectivity index (χ3n) is 2.75. The number of carbonyl (C=O) groups excluding carboxylic acids is 1. The van der Waals surface area contributed by atoms with Crippen LogP contribution in [0.1, 0.15) is 5.56 Å². The number of carbonyl (C=O) groups is 1. The Kier molecular flexibility index (Phi) is 4.18. The topological polar surface area (TPSA) is 23.6 Å². The molecule has 0 unspecified atom stereocenters. The number of rotatable bonds is 2. The van der Waals surface area contributed by atoms with Crippen LogP contribution in [0.4, 0.5) is 0 Å². The van der Waals surface area contributed by atoms with Crippen LogP contribution in [0.25, 0.3) is 6.08 Å². The number of piperazine rings is 1. The summed E-state index contributed by atoms with van der Waals surface area (Å²) in [6, 6.07) is 9.81. The molecule has 4 heteroatoms. The summed E-state index contributed by atoms with van der Waals surface area (Å²) in [6.45, 7) is 2.85. The summed E-state index contributed by atoms with van der Waals surface area (Å²) >= 11 is 5.84. The number of amides is 1. The Hall–Kier alpha value is -1.32. The van der Waals surface area contributed by atoms with Crippen molar-refractivity contribution in [2.45, 2.75) is 0 Å². The summed E-state index contributed by atoms with van der Waals surface area (Å²) in [5, 5.41) is 0. The second-order valence-corrected chi connectivity index (χ2v) is 4.46. The van der Waals surface area contributed by atoms with Crippen molar-refractivity contribution in [3.8, 4) is 0 Å². The molecule has 1 aromatic rings. The van der Waals surface area contributed by atoms with Gasteiger partial charge in [-0.2, -0.15) is 0 Å². The third-order valence-corrected chi connectivity index (χ3v) is 3.09. The standard InChI is InChI=1S/C13H15ClN2O/c14-16-10-8-15(9-11-16)13(17)7-6-12-4-2-1-3-5-12/h1-7H,8-11H2. The number of halogens is 1. The highest BCUT2D eigenvalue weighted by Crippen LogP contribution is 2.06. The van der Waals surface area contributed by atoms with Crippen LogP contribution in [-0.2, 0) is 4.79 Å². The molecular weight excluding hydrogens is 236 g/mol. The molecule has 1 aliphatic rings. The van der Waals surface area contributed by atoms with Crippen molar-refractivity contribution in [1.82, 2.24) is 9.32 Å². The lowest BCUT2D eigenvalue weighted by atomic mass is 10.2. The number of hydrogen-bond acceptors (Lipinski definition) is 2. The average molecular weight is 251 g/mol. The molecule has 0 radical (unpaired) electrons. The maximum atomic E-state index is 11.9. The summed E-state index contributed by atoms with van der Waals surface area (Å²) in [5.41, 5.74) is 1.04. The summed E-state index contributed by atoms with van der Waals surface area (Å²) in [6.07, 6.45) is 3.47. The fourth-order valence-electron chi connectivity index (χ4n) is 1.74. The van der Waals surface area contributed by atoms with Crippen molar-refractivity contribution in [3.63, 3.8) is 0 Å². The van der Waals surface area contributed by atoms with E-state index in [9.17, 15) is 4.79 Å². The molecule has 0 saturated carbocycles. The van der Waals surface area contributed by atoms with Gasteiger partial charge in [0.25, 0.3) is 0 Å². The van der Waals surface area contributed by atoms with Crippen LogP contribution in [0.15, 0.2) is 36.4 Å². The van der Waals surface area contributed by atoms with Gasteiger partial charge in [-0.15, -0.1) is 0 Å². The number of nitrogens with zero attached hydrogens (tertiary/aromatic N) is 2. The molecule has 0 bridgehead atoms. The van der Waals surface area contributed by atoms with Gasteiger partial charge in [-0.3, -0.25) is 4.79 Å². The van der Waals surface area contributed by atoms with E-state index in [0.29, 0.717) is 13.1 Å². The van der Waals surface area contributed by atoms with E-state index < -0.39 is 0 Å². The minimum absolute atomic E-state index is 0.0543. The van der Waals surface area contributed by atoms with Crippen molar-refractivity contribution in [1.29, 1.82) is 0 Å². The van der Waals surface area contributed by atoms with Gasteiger partial charge in [-0.1, -0.05) is 30.3 Å². The highest BCUT2D eigenvalue weighted by atomic mass is 35.5. The molecule has 0 atom stereocenters. The van der Waals surface area contributed by atoms with E-state index in [4.69, 9.17) is 11.8 Å². The van der Waals surface area contributed by atoms with Gasteiger partial charge in [-0.25, -0.2) is 4.42 Å². The Balaban J connectivity index is 1.91. The molecule has 1 saturated heterocycles. The zero-order chi connectivity index (χ0) is 12.1. The first-order valence-electron chi connectivity index (χ1n) is 5.68. The predicted molar refractivity (Wildman–Crippen MR) is 69.5 cm³/mol. The molecule has 1 amide bonds. The maximum Gasteiger partial charge on any atom is 0.246 e. The van der Waals surface area contributed by atoms with Crippen LogP contribution in [0, 0.1) is 0 Å². The molecule has 1 aromatic carbocycles. The van der Waals surface area contributed by atoms with E-state index in [1.165, 1.54) is 0 Å². The van der Waals surface area contributed by atoms with E-state index in [0.717, 1.165) is 18.7 Å². The van der Waals surface area contributed by atoms with Crippen molar-refractivity contribution < 1.29 is 4.79 Å². The minimum Gasteiger partial charge on any atom is -0.336 e. The summed E-state index contributed by atoms with van der Waals surface area (Å²) in [4.78, 5) is 13.7. The number of benzene rings is 1. The van der Waals surface area contributed by atoms with Crippen molar-refractivity contribution >= 4 is 23.8 Å². The van der Waals surface area contributed by atoms with Gasteiger partial charge in [0.1, 0.15) is 0 Å². The van der Waals surface area contributed by atoms with Gasteiger partial charge in [0.15, 0.2) is 0 Å². The second-order valence-electron chi connectivity index (χ2n) is 3.98. The lowest BCUT2D eigenvalue weighted by Crippen LogP contribution is -2.44.